The maximum absolute atomic E-state index is 12.6. The van der Waals surface area contributed by atoms with Crippen molar-refractivity contribution in [2.45, 2.75) is 31.2 Å². The van der Waals surface area contributed by atoms with E-state index in [1.165, 1.54) is 0 Å². The molecule has 0 saturated carbocycles. The van der Waals surface area contributed by atoms with Crippen LogP contribution in [-0.2, 0) is 9.47 Å². The highest BCUT2D eigenvalue weighted by Crippen LogP contribution is 2.31. The first-order valence-electron chi connectivity index (χ1n) is 8.52. The van der Waals surface area contributed by atoms with Crippen LogP contribution in [0.1, 0.15) is 29.6 Å². The summed E-state index contributed by atoms with van der Waals surface area (Å²) >= 11 is 1.90. The van der Waals surface area contributed by atoms with Gasteiger partial charge in [-0.3, -0.25) is 4.79 Å². The minimum Gasteiger partial charge on any atom is -0.473 e. The zero-order chi connectivity index (χ0) is 16.4. The van der Waals surface area contributed by atoms with Crippen LogP contribution in [0.15, 0.2) is 18.3 Å². The summed E-state index contributed by atoms with van der Waals surface area (Å²) in [5.74, 6) is 2.32. The molecule has 3 aliphatic rings. The fraction of sp³-hybridized carbons (Fsp3) is 0.647. The number of hydrogen-bond acceptors (Lipinski definition) is 6. The van der Waals surface area contributed by atoms with Gasteiger partial charge in [-0.1, -0.05) is 0 Å². The molecule has 1 spiro atoms. The van der Waals surface area contributed by atoms with Gasteiger partial charge < -0.3 is 19.1 Å². The molecule has 24 heavy (non-hydrogen) atoms. The zero-order valence-electron chi connectivity index (χ0n) is 13.6. The molecule has 4 rings (SSSR count). The highest BCUT2D eigenvalue weighted by Gasteiger charge is 2.40. The molecule has 3 fully saturated rings. The molecule has 0 radical (unpaired) electrons. The van der Waals surface area contributed by atoms with Crippen LogP contribution in [0.2, 0.25) is 0 Å². The molecule has 4 heterocycles. The predicted octanol–water partition coefficient (Wildman–Crippen LogP) is 1.95. The van der Waals surface area contributed by atoms with Gasteiger partial charge in [0.25, 0.3) is 5.91 Å². The van der Waals surface area contributed by atoms with E-state index in [1.807, 2.05) is 16.7 Å². The average Bonchev–Trinajstić information content (AvgIpc) is 3.28. The summed E-state index contributed by atoms with van der Waals surface area (Å²) in [4.78, 5) is 18.8. The van der Waals surface area contributed by atoms with E-state index in [-0.39, 0.29) is 12.0 Å². The van der Waals surface area contributed by atoms with Crippen molar-refractivity contribution in [3.63, 3.8) is 0 Å². The van der Waals surface area contributed by atoms with Crippen LogP contribution in [0.4, 0.5) is 0 Å². The van der Waals surface area contributed by atoms with E-state index in [4.69, 9.17) is 14.2 Å². The zero-order valence-corrected chi connectivity index (χ0v) is 14.4. The van der Waals surface area contributed by atoms with Crippen molar-refractivity contribution in [2.24, 2.45) is 0 Å². The Kier molecular flexibility index (Phi) is 4.65. The Labute approximate surface area is 145 Å². The molecule has 1 amide bonds. The number of thioether (sulfide) groups is 1. The Balaban J connectivity index is 1.34. The third-order valence-corrected chi connectivity index (χ3v) is 5.92. The highest BCUT2D eigenvalue weighted by molar-refractivity contribution is 7.99. The maximum atomic E-state index is 12.6. The molecule has 1 aromatic rings. The third kappa shape index (κ3) is 3.38. The lowest BCUT2D eigenvalue weighted by atomic mass is 10.0. The Hall–Kier alpha value is -1.31. The number of rotatable bonds is 3. The summed E-state index contributed by atoms with van der Waals surface area (Å²) in [6, 6.07) is 3.60. The van der Waals surface area contributed by atoms with Crippen molar-refractivity contribution < 1.29 is 19.0 Å². The van der Waals surface area contributed by atoms with Crippen LogP contribution in [0, 0.1) is 0 Å². The van der Waals surface area contributed by atoms with Gasteiger partial charge in [-0.15, -0.1) is 0 Å². The number of ether oxygens (including phenoxy) is 3. The number of hydrogen-bond donors (Lipinski definition) is 0. The van der Waals surface area contributed by atoms with Gasteiger partial charge in [0, 0.05) is 43.9 Å². The van der Waals surface area contributed by atoms with Crippen LogP contribution in [-0.4, -0.2) is 65.5 Å². The molecule has 3 aliphatic heterocycles. The van der Waals surface area contributed by atoms with Gasteiger partial charge in [0.1, 0.15) is 6.10 Å². The first-order valence-corrected chi connectivity index (χ1v) is 9.67. The van der Waals surface area contributed by atoms with Crippen molar-refractivity contribution in [1.29, 1.82) is 0 Å². The van der Waals surface area contributed by atoms with E-state index in [9.17, 15) is 4.79 Å². The van der Waals surface area contributed by atoms with Crippen LogP contribution >= 0.6 is 11.8 Å². The lowest BCUT2D eigenvalue weighted by Gasteiger charge is -2.37. The van der Waals surface area contributed by atoms with Crippen LogP contribution in [0.25, 0.3) is 0 Å². The van der Waals surface area contributed by atoms with Crippen molar-refractivity contribution in [3.8, 4) is 5.88 Å². The molecule has 130 valence electrons. The Bertz CT molecular complexity index is 573. The van der Waals surface area contributed by atoms with Gasteiger partial charge in [-0.2, -0.15) is 11.8 Å². The molecular weight excluding hydrogens is 328 g/mol. The molecule has 6 nitrogen and oxygen atoms in total. The first-order chi connectivity index (χ1) is 11.7. The van der Waals surface area contributed by atoms with E-state index in [0.29, 0.717) is 37.7 Å². The smallest absolute Gasteiger partial charge is 0.255 e. The molecule has 0 unspecified atom stereocenters. The lowest BCUT2D eigenvalue weighted by molar-refractivity contribution is -0.181. The quantitative estimate of drug-likeness (QED) is 0.830. The average molecular weight is 350 g/mol. The molecule has 7 heteroatoms. The molecule has 1 atom stereocenters. The topological polar surface area (TPSA) is 60.9 Å². The largest absolute Gasteiger partial charge is 0.473 e. The lowest BCUT2D eigenvalue weighted by Crippen LogP contribution is -2.47. The van der Waals surface area contributed by atoms with Crippen molar-refractivity contribution in [3.05, 3.63) is 23.9 Å². The molecule has 0 N–H and O–H groups in total. The fourth-order valence-corrected chi connectivity index (χ4v) is 4.47. The predicted molar refractivity (Wildman–Crippen MR) is 90.4 cm³/mol. The molecule has 1 aromatic heterocycles. The fourth-order valence-electron chi connectivity index (χ4n) is 3.37. The van der Waals surface area contributed by atoms with Crippen molar-refractivity contribution in [2.75, 3.05) is 37.8 Å². The first kappa shape index (κ1) is 16.2. The van der Waals surface area contributed by atoms with Gasteiger partial charge in [0.15, 0.2) is 5.79 Å². The summed E-state index contributed by atoms with van der Waals surface area (Å²) < 4.78 is 17.2. The Morgan fingerprint density at radius 1 is 1.29 bits per heavy atom. The second kappa shape index (κ2) is 6.90. The molecule has 3 saturated heterocycles. The number of aromatic nitrogens is 1. The molecule has 0 aliphatic carbocycles. The van der Waals surface area contributed by atoms with Crippen molar-refractivity contribution >= 4 is 17.7 Å². The van der Waals surface area contributed by atoms with Gasteiger partial charge in [-0.05, 0) is 18.2 Å². The number of likely N-dealkylation sites (tertiary alicyclic amines) is 1. The highest BCUT2D eigenvalue weighted by atomic mass is 32.2. The number of carbonyl (C=O) groups excluding carboxylic acids is 1. The SMILES string of the molecule is O=C(c1ccc(O[C@@H]2CCSC2)nc1)N1CCC2(CC1)OCCO2. The molecule has 0 bridgehead atoms. The van der Waals surface area contributed by atoms with E-state index in [1.54, 1.807) is 18.3 Å². The van der Waals surface area contributed by atoms with E-state index >= 15 is 0 Å². The van der Waals surface area contributed by atoms with E-state index in [2.05, 4.69) is 4.98 Å². The standard InChI is InChI=1S/C17H22N2O4S/c20-16(19-6-4-17(5-7-19)21-8-9-22-17)13-1-2-15(18-11-13)23-14-3-10-24-12-14/h1-2,11,14H,3-10,12H2/t14-/m1/s1. The Morgan fingerprint density at radius 3 is 2.71 bits per heavy atom. The third-order valence-electron chi connectivity index (χ3n) is 4.78. The minimum atomic E-state index is -0.452. The van der Waals surface area contributed by atoms with Crippen LogP contribution in [0.3, 0.4) is 0 Å². The Morgan fingerprint density at radius 2 is 2.08 bits per heavy atom. The monoisotopic (exact) mass is 350 g/mol. The summed E-state index contributed by atoms with van der Waals surface area (Å²) in [6.07, 6.45) is 4.38. The van der Waals surface area contributed by atoms with Gasteiger partial charge >= 0.3 is 0 Å². The number of pyridine rings is 1. The number of amides is 1. The van der Waals surface area contributed by atoms with Gasteiger partial charge in [0.2, 0.25) is 5.88 Å². The van der Waals surface area contributed by atoms with E-state index < -0.39 is 5.79 Å². The number of piperidine rings is 1. The van der Waals surface area contributed by atoms with E-state index in [0.717, 1.165) is 30.8 Å². The van der Waals surface area contributed by atoms with Gasteiger partial charge in [0.05, 0.1) is 18.8 Å². The van der Waals surface area contributed by atoms with Crippen molar-refractivity contribution in [1.82, 2.24) is 9.88 Å². The summed E-state index contributed by atoms with van der Waals surface area (Å²) in [5, 5.41) is 0. The number of nitrogens with zero attached hydrogens (tertiary/aromatic N) is 2. The summed E-state index contributed by atoms with van der Waals surface area (Å²) in [7, 11) is 0. The normalized spacial score (nSPS) is 26.0. The summed E-state index contributed by atoms with van der Waals surface area (Å²) in [6.45, 7) is 2.60. The summed E-state index contributed by atoms with van der Waals surface area (Å²) in [5.41, 5.74) is 0.604. The second-order valence-electron chi connectivity index (χ2n) is 6.39. The number of carbonyl (C=O) groups is 1. The molecule has 0 aromatic carbocycles. The maximum Gasteiger partial charge on any atom is 0.255 e. The minimum absolute atomic E-state index is 0.0123. The van der Waals surface area contributed by atoms with Gasteiger partial charge in [-0.25, -0.2) is 4.98 Å². The molecular formula is C17H22N2O4S. The van der Waals surface area contributed by atoms with Crippen LogP contribution in [0.5, 0.6) is 5.88 Å². The second-order valence-corrected chi connectivity index (χ2v) is 7.54. The van der Waals surface area contributed by atoms with Crippen LogP contribution < -0.4 is 4.74 Å².